The second kappa shape index (κ2) is 7.87. The molecule has 0 aliphatic heterocycles. The van der Waals surface area contributed by atoms with Crippen molar-refractivity contribution in [1.29, 1.82) is 0 Å². The predicted molar refractivity (Wildman–Crippen MR) is 102 cm³/mol. The van der Waals surface area contributed by atoms with Gasteiger partial charge in [-0.1, -0.05) is 11.8 Å². The molecule has 140 valence electrons. The van der Waals surface area contributed by atoms with Gasteiger partial charge < -0.3 is 14.5 Å². The second-order valence-electron chi connectivity index (χ2n) is 6.18. The topological polar surface area (TPSA) is 82.2 Å². The van der Waals surface area contributed by atoms with E-state index >= 15 is 0 Å². The fraction of sp³-hybridized carbons (Fsp3) is 0.316. The molecule has 1 amide bonds. The van der Waals surface area contributed by atoms with Crippen LogP contribution < -0.4 is 10.1 Å². The van der Waals surface area contributed by atoms with Gasteiger partial charge in [0.25, 0.3) is 0 Å². The Bertz CT molecular complexity index is 902. The van der Waals surface area contributed by atoms with Crippen molar-refractivity contribution in [2.24, 2.45) is 0 Å². The van der Waals surface area contributed by atoms with Crippen LogP contribution in [0.25, 0.3) is 17.3 Å². The van der Waals surface area contributed by atoms with E-state index in [-0.39, 0.29) is 5.91 Å². The Morgan fingerprint density at radius 3 is 2.78 bits per heavy atom. The van der Waals surface area contributed by atoms with Crippen LogP contribution in [0.4, 0.5) is 0 Å². The van der Waals surface area contributed by atoms with E-state index < -0.39 is 0 Å². The largest absolute Gasteiger partial charge is 0.494 e. The van der Waals surface area contributed by atoms with Crippen LogP contribution in [0.3, 0.4) is 0 Å². The molecule has 1 aliphatic rings. The molecule has 1 aromatic carbocycles. The van der Waals surface area contributed by atoms with Crippen molar-refractivity contribution in [3.05, 3.63) is 42.7 Å². The summed E-state index contributed by atoms with van der Waals surface area (Å²) in [7, 11) is 0. The van der Waals surface area contributed by atoms with Gasteiger partial charge in [-0.15, -0.1) is 10.2 Å². The first-order valence-electron chi connectivity index (χ1n) is 8.89. The van der Waals surface area contributed by atoms with E-state index in [1.54, 1.807) is 6.26 Å². The molecular formula is C19H20N4O3S. The molecule has 27 heavy (non-hydrogen) atoms. The monoisotopic (exact) mass is 384 g/mol. The van der Waals surface area contributed by atoms with Gasteiger partial charge in [0.1, 0.15) is 5.75 Å². The van der Waals surface area contributed by atoms with E-state index in [1.807, 2.05) is 47.9 Å². The van der Waals surface area contributed by atoms with Gasteiger partial charge in [-0.25, -0.2) is 0 Å². The van der Waals surface area contributed by atoms with E-state index in [0.717, 1.165) is 24.3 Å². The molecule has 1 N–H and O–H groups in total. The van der Waals surface area contributed by atoms with Crippen molar-refractivity contribution in [1.82, 2.24) is 20.1 Å². The number of nitrogens with zero attached hydrogens (tertiary/aromatic N) is 3. The molecule has 3 aromatic rings. The van der Waals surface area contributed by atoms with Crippen LogP contribution >= 0.6 is 11.8 Å². The van der Waals surface area contributed by atoms with Crippen molar-refractivity contribution >= 4 is 17.7 Å². The molecule has 0 atom stereocenters. The molecule has 8 heteroatoms. The van der Waals surface area contributed by atoms with Gasteiger partial charge in [-0.3, -0.25) is 9.36 Å². The fourth-order valence-corrected chi connectivity index (χ4v) is 3.41. The van der Waals surface area contributed by atoms with Crippen LogP contribution in [0.1, 0.15) is 19.8 Å². The number of nitrogens with one attached hydrogen (secondary N) is 1. The zero-order valence-corrected chi connectivity index (χ0v) is 15.7. The summed E-state index contributed by atoms with van der Waals surface area (Å²) in [6.07, 6.45) is 3.74. The third-order valence-corrected chi connectivity index (χ3v) is 4.98. The lowest BCUT2D eigenvalue weighted by Gasteiger charge is -2.10. The van der Waals surface area contributed by atoms with Crippen molar-refractivity contribution in [2.45, 2.75) is 31.0 Å². The maximum atomic E-state index is 12.0. The zero-order valence-electron chi connectivity index (χ0n) is 14.9. The maximum Gasteiger partial charge on any atom is 0.230 e. The second-order valence-corrected chi connectivity index (χ2v) is 7.12. The van der Waals surface area contributed by atoms with Crippen LogP contribution in [0, 0.1) is 0 Å². The summed E-state index contributed by atoms with van der Waals surface area (Å²) < 4.78 is 12.9. The van der Waals surface area contributed by atoms with Crippen molar-refractivity contribution in [2.75, 3.05) is 12.4 Å². The molecule has 1 aliphatic carbocycles. The number of ether oxygens (including phenoxy) is 1. The Kier molecular flexibility index (Phi) is 5.15. The molecule has 2 heterocycles. The maximum absolute atomic E-state index is 12.0. The quantitative estimate of drug-likeness (QED) is 0.600. The highest BCUT2D eigenvalue weighted by Crippen LogP contribution is 2.29. The van der Waals surface area contributed by atoms with E-state index in [2.05, 4.69) is 15.5 Å². The average Bonchev–Trinajstić information content (AvgIpc) is 3.17. The number of hydrogen-bond donors (Lipinski definition) is 1. The Morgan fingerprint density at radius 1 is 1.30 bits per heavy atom. The molecule has 0 radical (unpaired) electrons. The molecule has 7 nitrogen and oxygen atoms in total. The van der Waals surface area contributed by atoms with Crippen LogP contribution in [0.2, 0.25) is 0 Å². The predicted octanol–water partition coefficient (Wildman–Crippen LogP) is 3.30. The van der Waals surface area contributed by atoms with E-state index in [1.165, 1.54) is 11.8 Å². The normalized spacial score (nSPS) is 13.5. The summed E-state index contributed by atoms with van der Waals surface area (Å²) in [6, 6.07) is 11.7. The van der Waals surface area contributed by atoms with Gasteiger partial charge in [-0.05, 0) is 56.2 Å². The molecule has 2 aromatic heterocycles. The lowest BCUT2D eigenvalue weighted by molar-refractivity contribution is -0.118. The van der Waals surface area contributed by atoms with Crippen LogP contribution in [0.15, 0.2) is 52.2 Å². The summed E-state index contributed by atoms with van der Waals surface area (Å²) in [6.45, 7) is 2.56. The van der Waals surface area contributed by atoms with Gasteiger partial charge in [0.15, 0.2) is 10.9 Å². The molecule has 0 spiro atoms. The SMILES string of the molecule is CCOc1ccc(-n2c(SCC(=O)NC3CC3)nnc2-c2ccco2)cc1. The lowest BCUT2D eigenvalue weighted by Crippen LogP contribution is -2.27. The molecule has 4 rings (SSSR count). The highest BCUT2D eigenvalue weighted by Gasteiger charge is 2.24. The minimum absolute atomic E-state index is 0.0169. The zero-order chi connectivity index (χ0) is 18.6. The highest BCUT2D eigenvalue weighted by molar-refractivity contribution is 7.99. The van der Waals surface area contributed by atoms with Crippen molar-refractivity contribution in [3.63, 3.8) is 0 Å². The molecule has 1 fully saturated rings. The van der Waals surface area contributed by atoms with E-state index in [0.29, 0.717) is 35.1 Å². The average molecular weight is 384 g/mol. The number of thioether (sulfide) groups is 1. The molecule has 0 bridgehead atoms. The van der Waals surface area contributed by atoms with Crippen molar-refractivity contribution < 1.29 is 13.9 Å². The Labute approximate surface area is 161 Å². The number of carbonyl (C=O) groups excluding carboxylic acids is 1. The minimum Gasteiger partial charge on any atom is -0.494 e. The third-order valence-electron chi connectivity index (χ3n) is 4.06. The Balaban J connectivity index is 1.61. The first-order chi connectivity index (χ1) is 13.2. The summed E-state index contributed by atoms with van der Waals surface area (Å²) >= 11 is 1.36. The number of benzene rings is 1. The van der Waals surface area contributed by atoms with Gasteiger partial charge in [0.05, 0.1) is 24.3 Å². The lowest BCUT2D eigenvalue weighted by atomic mass is 10.3. The van der Waals surface area contributed by atoms with E-state index in [4.69, 9.17) is 9.15 Å². The number of hydrogen-bond acceptors (Lipinski definition) is 6. The third kappa shape index (κ3) is 4.16. The van der Waals surface area contributed by atoms with Gasteiger partial charge in [-0.2, -0.15) is 0 Å². The number of aromatic nitrogens is 3. The minimum atomic E-state index is 0.0169. The molecule has 0 saturated heterocycles. The fourth-order valence-electron chi connectivity index (χ4n) is 2.65. The number of furan rings is 1. The smallest absolute Gasteiger partial charge is 0.230 e. The van der Waals surface area contributed by atoms with Crippen LogP contribution in [-0.4, -0.2) is 39.1 Å². The highest BCUT2D eigenvalue weighted by atomic mass is 32.2. The summed E-state index contributed by atoms with van der Waals surface area (Å²) in [5.74, 6) is 2.32. The molecule has 0 unspecified atom stereocenters. The van der Waals surface area contributed by atoms with Gasteiger partial charge in [0.2, 0.25) is 11.7 Å². The van der Waals surface area contributed by atoms with Crippen LogP contribution in [-0.2, 0) is 4.79 Å². The number of carbonyl (C=O) groups is 1. The van der Waals surface area contributed by atoms with E-state index in [9.17, 15) is 4.79 Å². The summed E-state index contributed by atoms with van der Waals surface area (Å²) in [5.41, 5.74) is 0.875. The summed E-state index contributed by atoms with van der Waals surface area (Å²) in [4.78, 5) is 12.0. The van der Waals surface area contributed by atoms with Gasteiger partial charge in [0, 0.05) is 6.04 Å². The van der Waals surface area contributed by atoms with Gasteiger partial charge >= 0.3 is 0 Å². The molecular weight excluding hydrogens is 364 g/mol. The Hall–Kier alpha value is -2.74. The first kappa shape index (κ1) is 17.7. The van der Waals surface area contributed by atoms with Crippen molar-refractivity contribution in [3.8, 4) is 23.0 Å². The molecule has 1 saturated carbocycles. The summed E-state index contributed by atoms with van der Waals surface area (Å²) in [5, 5.41) is 12.2. The van der Waals surface area contributed by atoms with Crippen LogP contribution in [0.5, 0.6) is 5.75 Å². The standard InChI is InChI=1S/C19H20N4O3S/c1-2-25-15-9-7-14(8-10-15)23-18(16-4-3-11-26-16)21-22-19(23)27-12-17(24)20-13-5-6-13/h3-4,7-11,13H,2,5-6,12H2,1H3,(H,20,24). The Morgan fingerprint density at radius 2 is 2.11 bits per heavy atom. The number of amides is 1. The first-order valence-corrected chi connectivity index (χ1v) is 9.88. The number of rotatable bonds is 8.